The molecule has 0 spiro atoms. The lowest BCUT2D eigenvalue weighted by atomic mass is 10.0. The van der Waals surface area contributed by atoms with E-state index in [4.69, 9.17) is 5.11 Å². The topological polar surface area (TPSA) is 29.5 Å². The summed E-state index contributed by atoms with van der Waals surface area (Å²) in [7, 11) is 0. The molecule has 132 valence electrons. The zero-order chi connectivity index (χ0) is 16.7. The number of aliphatic hydroxyl groups excluding tert-OH is 1. The summed E-state index contributed by atoms with van der Waals surface area (Å²) in [6, 6.07) is 0. The summed E-state index contributed by atoms with van der Waals surface area (Å²) in [4.78, 5) is 0. The van der Waals surface area contributed by atoms with Crippen LogP contribution in [0, 0.1) is 0 Å². The summed E-state index contributed by atoms with van der Waals surface area (Å²) in [6.45, 7) is 9.17. The van der Waals surface area contributed by atoms with Gasteiger partial charge in [0.2, 0.25) is 0 Å². The lowest BCUT2D eigenvalue weighted by Gasteiger charge is -2.02. The molecule has 0 aliphatic carbocycles. The van der Waals surface area contributed by atoms with Crippen LogP contribution < -0.4 is 0 Å². The van der Waals surface area contributed by atoms with E-state index in [-0.39, 0.29) is 0 Å². The minimum atomic E-state index is 0.373. The largest absolute Gasteiger partial charge is 0.474 e. The molecule has 0 aromatic heterocycles. The Morgan fingerprint density at radius 1 is 0.636 bits per heavy atom. The maximum Gasteiger partial charge on any atom is 0.0829 e. The second kappa shape index (κ2) is 25.2. The Bertz CT molecular complexity index is 182. The highest BCUT2D eigenvalue weighted by molar-refractivity contribution is 4.57. The average Bonchev–Trinajstić information content (AvgIpc) is 2.53. The Hall–Kier alpha value is -0.760. The van der Waals surface area contributed by atoms with E-state index in [1.807, 2.05) is 0 Å². The molecule has 0 aliphatic rings. The molecule has 0 saturated heterocycles. The maximum absolute atomic E-state index is 8.64. The number of ether oxygens (including phenoxy) is 1. The number of rotatable bonds is 16. The standard InChI is InChI=1S/C16H34O.C4H6O/c1-2-3-4-5-6-7-8-9-10-11-12-13-14-15-16-17;1-3-5-4-2/h17H,2-16H2,1H3;3-4H,1-2H2. The number of hydrogen-bond acceptors (Lipinski definition) is 2. The molecular weight excluding hydrogens is 272 g/mol. The zero-order valence-corrected chi connectivity index (χ0v) is 15.0. The van der Waals surface area contributed by atoms with E-state index in [2.05, 4.69) is 24.8 Å². The average molecular weight is 313 g/mol. The van der Waals surface area contributed by atoms with Crippen LogP contribution >= 0.6 is 0 Å². The van der Waals surface area contributed by atoms with Gasteiger partial charge in [-0.2, -0.15) is 0 Å². The third-order valence-electron chi connectivity index (χ3n) is 3.70. The van der Waals surface area contributed by atoms with Crippen LogP contribution in [0.2, 0.25) is 0 Å². The van der Waals surface area contributed by atoms with Crippen LogP contribution in [-0.4, -0.2) is 11.7 Å². The predicted molar refractivity (Wildman–Crippen MR) is 98.9 cm³/mol. The van der Waals surface area contributed by atoms with Gasteiger partial charge in [0.1, 0.15) is 0 Å². The van der Waals surface area contributed by atoms with Crippen LogP contribution in [0.3, 0.4) is 0 Å². The number of aliphatic hydroxyl groups is 1. The Kier molecular flexibility index (Phi) is 26.9. The summed E-state index contributed by atoms with van der Waals surface area (Å²) in [5.41, 5.74) is 0. The first-order chi connectivity index (χ1) is 10.8. The van der Waals surface area contributed by atoms with E-state index in [1.54, 1.807) is 0 Å². The van der Waals surface area contributed by atoms with Gasteiger partial charge in [-0.15, -0.1) is 0 Å². The molecule has 0 unspecified atom stereocenters. The van der Waals surface area contributed by atoms with Crippen molar-refractivity contribution in [1.29, 1.82) is 0 Å². The number of unbranched alkanes of at least 4 members (excludes halogenated alkanes) is 13. The molecule has 0 radical (unpaired) electrons. The van der Waals surface area contributed by atoms with Gasteiger partial charge in [0, 0.05) is 6.61 Å². The third kappa shape index (κ3) is 27.6. The SMILES string of the molecule is C=COC=C.CCCCCCCCCCCCCCCCO. The fraction of sp³-hybridized carbons (Fsp3) is 0.800. The number of hydrogen-bond donors (Lipinski definition) is 1. The van der Waals surface area contributed by atoms with Crippen molar-refractivity contribution in [3.05, 3.63) is 25.7 Å². The van der Waals surface area contributed by atoms with Crippen molar-refractivity contribution in [2.75, 3.05) is 6.61 Å². The molecular formula is C20H40O2. The third-order valence-corrected chi connectivity index (χ3v) is 3.70. The van der Waals surface area contributed by atoms with Gasteiger partial charge in [0.05, 0.1) is 12.5 Å². The molecule has 0 aliphatic heterocycles. The lowest BCUT2D eigenvalue weighted by Crippen LogP contribution is -1.84. The monoisotopic (exact) mass is 312 g/mol. The smallest absolute Gasteiger partial charge is 0.0829 e. The normalized spacial score (nSPS) is 9.73. The fourth-order valence-corrected chi connectivity index (χ4v) is 2.37. The van der Waals surface area contributed by atoms with Gasteiger partial charge in [-0.05, 0) is 6.42 Å². The van der Waals surface area contributed by atoms with Crippen molar-refractivity contribution in [3.8, 4) is 0 Å². The highest BCUT2D eigenvalue weighted by Gasteiger charge is 1.93. The van der Waals surface area contributed by atoms with Crippen molar-refractivity contribution >= 4 is 0 Å². The summed E-state index contributed by atoms with van der Waals surface area (Å²) >= 11 is 0. The highest BCUT2D eigenvalue weighted by atomic mass is 16.5. The van der Waals surface area contributed by atoms with Gasteiger partial charge in [-0.3, -0.25) is 0 Å². The van der Waals surface area contributed by atoms with Crippen LogP contribution in [0.4, 0.5) is 0 Å². The Balaban J connectivity index is 0. The van der Waals surface area contributed by atoms with Gasteiger partial charge >= 0.3 is 0 Å². The van der Waals surface area contributed by atoms with Crippen LogP contribution in [-0.2, 0) is 4.74 Å². The molecule has 0 amide bonds. The van der Waals surface area contributed by atoms with Gasteiger partial charge in [0.25, 0.3) is 0 Å². The highest BCUT2D eigenvalue weighted by Crippen LogP contribution is 2.12. The molecule has 2 heteroatoms. The second-order valence-corrected chi connectivity index (χ2v) is 5.79. The van der Waals surface area contributed by atoms with Crippen LogP contribution in [0.5, 0.6) is 0 Å². The van der Waals surface area contributed by atoms with E-state index in [0.29, 0.717) is 6.61 Å². The lowest BCUT2D eigenvalue weighted by molar-refractivity contribution is 0.282. The van der Waals surface area contributed by atoms with Crippen molar-refractivity contribution in [2.45, 2.75) is 96.8 Å². The van der Waals surface area contributed by atoms with E-state index in [1.165, 1.54) is 96.0 Å². The van der Waals surface area contributed by atoms with Gasteiger partial charge in [-0.25, -0.2) is 0 Å². The molecule has 0 rings (SSSR count). The quantitative estimate of drug-likeness (QED) is 0.252. The molecule has 0 fully saturated rings. The molecule has 22 heavy (non-hydrogen) atoms. The van der Waals surface area contributed by atoms with E-state index >= 15 is 0 Å². The van der Waals surface area contributed by atoms with Crippen molar-refractivity contribution in [3.63, 3.8) is 0 Å². The van der Waals surface area contributed by atoms with Crippen LogP contribution in [0.25, 0.3) is 0 Å². The molecule has 0 atom stereocenters. The van der Waals surface area contributed by atoms with Gasteiger partial charge in [-0.1, -0.05) is 104 Å². The summed E-state index contributed by atoms with van der Waals surface area (Å²) in [6.07, 6.45) is 21.8. The molecule has 0 aromatic rings. The van der Waals surface area contributed by atoms with Crippen molar-refractivity contribution in [2.24, 2.45) is 0 Å². The molecule has 0 saturated carbocycles. The van der Waals surface area contributed by atoms with Crippen molar-refractivity contribution < 1.29 is 9.84 Å². The Morgan fingerprint density at radius 2 is 0.955 bits per heavy atom. The minimum absolute atomic E-state index is 0.373. The van der Waals surface area contributed by atoms with Crippen LogP contribution in [0.15, 0.2) is 25.7 Å². The van der Waals surface area contributed by atoms with E-state index in [0.717, 1.165) is 6.42 Å². The summed E-state index contributed by atoms with van der Waals surface area (Å²) < 4.78 is 4.36. The van der Waals surface area contributed by atoms with E-state index in [9.17, 15) is 0 Å². The Labute approximate surface area is 139 Å². The second-order valence-electron chi connectivity index (χ2n) is 5.79. The predicted octanol–water partition coefficient (Wildman–Crippen LogP) is 6.75. The summed E-state index contributed by atoms with van der Waals surface area (Å²) in [5, 5.41) is 8.64. The maximum atomic E-state index is 8.64. The fourth-order valence-electron chi connectivity index (χ4n) is 2.37. The molecule has 0 heterocycles. The molecule has 2 nitrogen and oxygen atoms in total. The van der Waals surface area contributed by atoms with Gasteiger partial charge < -0.3 is 9.84 Å². The molecule has 1 N–H and O–H groups in total. The van der Waals surface area contributed by atoms with Gasteiger partial charge in [0.15, 0.2) is 0 Å². The first-order valence-corrected chi connectivity index (χ1v) is 9.31. The first kappa shape index (κ1) is 23.5. The molecule has 0 bridgehead atoms. The van der Waals surface area contributed by atoms with Crippen LogP contribution in [0.1, 0.15) is 96.8 Å². The molecule has 0 aromatic carbocycles. The summed E-state index contributed by atoms with van der Waals surface area (Å²) in [5.74, 6) is 0. The minimum Gasteiger partial charge on any atom is -0.474 e. The van der Waals surface area contributed by atoms with Crippen molar-refractivity contribution in [1.82, 2.24) is 0 Å². The van der Waals surface area contributed by atoms with E-state index < -0.39 is 0 Å². The Morgan fingerprint density at radius 3 is 1.18 bits per heavy atom. The first-order valence-electron chi connectivity index (χ1n) is 9.31. The zero-order valence-electron chi connectivity index (χ0n) is 15.0.